The molecule has 0 saturated carbocycles. The molecule has 5 heteroatoms. The largest absolute Gasteiger partial charge is 0.486 e. The van der Waals surface area contributed by atoms with Gasteiger partial charge in [0.1, 0.15) is 19.5 Å². The number of fused-ring (bicyclic) bond motifs is 2. The summed E-state index contributed by atoms with van der Waals surface area (Å²) in [4.78, 5) is 4.46. The number of benzene rings is 3. The number of aromatic nitrogens is 2. The molecule has 0 spiro atoms. The van der Waals surface area contributed by atoms with Gasteiger partial charge in [-0.1, -0.05) is 30.3 Å². The highest BCUT2D eigenvalue weighted by molar-refractivity contribution is 5.77. The molecule has 0 amide bonds. The van der Waals surface area contributed by atoms with Crippen LogP contribution in [0, 0.1) is 0 Å². The van der Waals surface area contributed by atoms with E-state index in [0.717, 1.165) is 41.3 Å². The number of para-hydroxylation sites is 2. The van der Waals surface area contributed by atoms with Gasteiger partial charge in [-0.3, -0.25) is 4.57 Å². The van der Waals surface area contributed by atoms with Gasteiger partial charge in [0, 0.05) is 18.8 Å². The van der Waals surface area contributed by atoms with E-state index in [-0.39, 0.29) is 0 Å². The summed E-state index contributed by atoms with van der Waals surface area (Å²) >= 11 is 0. The van der Waals surface area contributed by atoms with E-state index in [1.54, 1.807) is 0 Å². The van der Waals surface area contributed by atoms with Gasteiger partial charge < -0.3 is 14.8 Å². The van der Waals surface area contributed by atoms with Crippen molar-refractivity contribution < 1.29 is 9.47 Å². The van der Waals surface area contributed by atoms with Crippen LogP contribution in [0.1, 0.15) is 11.1 Å². The third-order valence-electron chi connectivity index (χ3n) is 4.93. The van der Waals surface area contributed by atoms with E-state index >= 15 is 0 Å². The lowest BCUT2D eigenvalue weighted by Crippen LogP contribution is -2.16. The first-order valence-corrected chi connectivity index (χ1v) is 9.47. The molecule has 0 radical (unpaired) electrons. The molecule has 0 bridgehead atoms. The van der Waals surface area contributed by atoms with Crippen LogP contribution in [0.5, 0.6) is 11.5 Å². The summed E-state index contributed by atoms with van der Waals surface area (Å²) < 4.78 is 13.3. The molecule has 140 valence electrons. The SMILES string of the molecule is c1ccc2c(c1)ncn2-c1ccc(CNCc2ccc3c(c2)OCCO3)cc1. The van der Waals surface area contributed by atoms with E-state index in [1.165, 1.54) is 11.1 Å². The van der Waals surface area contributed by atoms with Crippen molar-refractivity contribution in [3.8, 4) is 17.2 Å². The van der Waals surface area contributed by atoms with Gasteiger partial charge in [0.05, 0.1) is 11.0 Å². The van der Waals surface area contributed by atoms with E-state index < -0.39 is 0 Å². The smallest absolute Gasteiger partial charge is 0.161 e. The van der Waals surface area contributed by atoms with Crippen molar-refractivity contribution in [2.24, 2.45) is 0 Å². The Labute approximate surface area is 163 Å². The minimum atomic E-state index is 0.614. The first kappa shape index (κ1) is 16.8. The van der Waals surface area contributed by atoms with Crippen molar-refractivity contribution in [1.82, 2.24) is 14.9 Å². The van der Waals surface area contributed by atoms with Crippen molar-refractivity contribution in [3.63, 3.8) is 0 Å². The zero-order chi connectivity index (χ0) is 18.8. The average molecular weight is 371 g/mol. The fraction of sp³-hybridized carbons (Fsp3) is 0.174. The van der Waals surface area contributed by atoms with Crippen LogP contribution in [0.2, 0.25) is 0 Å². The van der Waals surface area contributed by atoms with Gasteiger partial charge in [0.15, 0.2) is 11.5 Å². The first-order valence-electron chi connectivity index (χ1n) is 9.47. The minimum Gasteiger partial charge on any atom is -0.486 e. The first-order chi connectivity index (χ1) is 13.9. The average Bonchev–Trinajstić information content (AvgIpc) is 3.18. The number of hydrogen-bond acceptors (Lipinski definition) is 4. The van der Waals surface area contributed by atoms with E-state index in [9.17, 15) is 0 Å². The van der Waals surface area contributed by atoms with Crippen molar-refractivity contribution in [3.05, 3.63) is 84.2 Å². The molecule has 5 rings (SSSR count). The maximum atomic E-state index is 5.65. The molecule has 0 atom stereocenters. The summed E-state index contributed by atoms with van der Waals surface area (Å²) in [6, 6.07) is 22.9. The van der Waals surface area contributed by atoms with Crippen LogP contribution in [-0.4, -0.2) is 22.8 Å². The highest BCUT2D eigenvalue weighted by Gasteiger charge is 2.11. The van der Waals surface area contributed by atoms with E-state index in [4.69, 9.17) is 9.47 Å². The molecule has 0 fully saturated rings. The van der Waals surface area contributed by atoms with Gasteiger partial charge in [-0.05, 0) is 47.5 Å². The van der Waals surface area contributed by atoms with Crippen molar-refractivity contribution in [2.45, 2.75) is 13.1 Å². The number of ether oxygens (including phenoxy) is 2. The Hall–Kier alpha value is -3.31. The normalized spacial score (nSPS) is 13.0. The molecule has 0 saturated heterocycles. The van der Waals surface area contributed by atoms with Crippen molar-refractivity contribution in [1.29, 1.82) is 0 Å². The minimum absolute atomic E-state index is 0.614. The maximum Gasteiger partial charge on any atom is 0.161 e. The lowest BCUT2D eigenvalue weighted by Gasteiger charge is -2.19. The van der Waals surface area contributed by atoms with Crippen LogP contribution < -0.4 is 14.8 Å². The maximum absolute atomic E-state index is 5.65. The summed E-state index contributed by atoms with van der Waals surface area (Å²) in [5.74, 6) is 1.67. The molecule has 1 aliphatic heterocycles. The van der Waals surface area contributed by atoms with E-state index in [1.807, 2.05) is 30.6 Å². The van der Waals surface area contributed by atoms with Gasteiger partial charge in [0.25, 0.3) is 0 Å². The summed E-state index contributed by atoms with van der Waals surface area (Å²) in [5, 5.41) is 3.49. The molecule has 1 aromatic heterocycles. The molecule has 2 heterocycles. The number of nitrogens with one attached hydrogen (secondary N) is 1. The Morgan fingerprint density at radius 3 is 2.46 bits per heavy atom. The monoisotopic (exact) mass is 371 g/mol. The zero-order valence-corrected chi connectivity index (χ0v) is 15.5. The second-order valence-corrected chi connectivity index (χ2v) is 6.85. The Morgan fingerprint density at radius 2 is 1.57 bits per heavy atom. The Morgan fingerprint density at radius 1 is 0.821 bits per heavy atom. The van der Waals surface area contributed by atoms with Crippen LogP contribution in [0.15, 0.2) is 73.1 Å². The Balaban J connectivity index is 1.23. The van der Waals surface area contributed by atoms with Crippen molar-refractivity contribution in [2.75, 3.05) is 13.2 Å². The summed E-state index contributed by atoms with van der Waals surface area (Å²) in [5.41, 5.74) is 5.67. The molecule has 1 N–H and O–H groups in total. The van der Waals surface area contributed by atoms with Gasteiger partial charge in [0.2, 0.25) is 0 Å². The Bertz CT molecular complexity index is 1100. The lowest BCUT2D eigenvalue weighted by molar-refractivity contribution is 0.171. The zero-order valence-electron chi connectivity index (χ0n) is 15.5. The van der Waals surface area contributed by atoms with Gasteiger partial charge in [-0.25, -0.2) is 4.98 Å². The number of imidazole rings is 1. The summed E-state index contributed by atoms with van der Waals surface area (Å²) in [7, 11) is 0. The third kappa shape index (κ3) is 3.32. The molecule has 0 unspecified atom stereocenters. The highest BCUT2D eigenvalue weighted by atomic mass is 16.6. The molecule has 4 aromatic rings. The van der Waals surface area contributed by atoms with Crippen LogP contribution >= 0.6 is 0 Å². The van der Waals surface area contributed by atoms with Crippen LogP contribution in [-0.2, 0) is 13.1 Å². The van der Waals surface area contributed by atoms with Gasteiger partial charge in [-0.2, -0.15) is 0 Å². The topological polar surface area (TPSA) is 48.3 Å². The van der Waals surface area contributed by atoms with E-state index in [0.29, 0.717) is 13.2 Å². The predicted molar refractivity (Wildman–Crippen MR) is 109 cm³/mol. The Kier molecular flexibility index (Phi) is 4.43. The fourth-order valence-electron chi connectivity index (χ4n) is 3.49. The molecular weight excluding hydrogens is 350 g/mol. The summed E-state index contributed by atoms with van der Waals surface area (Å²) in [6.45, 7) is 2.82. The molecule has 5 nitrogen and oxygen atoms in total. The number of nitrogens with zero attached hydrogens (tertiary/aromatic N) is 2. The molecular formula is C23H21N3O2. The van der Waals surface area contributed by atoms with Crippen LogP contribution in [0.25, 0.3) is 16.7 Å². The number of rotatable bonds is 5. The molecule has 1 aliphatic rings. The van der Waals surface area contributed by atoms with Gasteiger partial charge >= 0.3 is 0 Å². The molecule has 28 heavy (non-hydrogen) atoms. The number of hydrogen-bond donors (Lipinski definition) is 1. The highest BCUT2D eigenvalue weighted by Crippen LogP contribution is 2.30. The fourth-order valence-corrected chi connectivity index (χ4v) is 3.49. The second kappa shape index (κ2) is 7.37. The van der Waals surface area contributed by atoms with Gasteiger partial charge in [-0.15, -0.1) is 0 Å². The second-order valence-electron chi connectivity index (χ2n) is 6.85. The lowest BCUT2D eigenvalue weighted by atomic mass is 10.1. The standard InChI is InChI=1S/C23H21N3O2/c1-2-4-21-20(3-1)25-16-26(21)19-8-5-17(6-9-19)14-24-15-18-7-10-22-23(13-18)28-12-11-27-22/h1-10,13,16,24H,11-12,14-15H2. The molecule has 3 aromatic carbocycles. The predicted octanol–water partition coefficient (Wildman–Crippen LogP) is 4.09. The summed E-state index contributed by atoms with van der Waals surface area (Å²) in [6.07, 6.45) is 1.87. The third-order valence-corrected chi connectivity index (χ3v) is 4.93. The van der Waals surface area contributed by atoms with Crippen LogP contribution in [0.3, 0.4) is 0 Å². The van der Waals surface area contributed by atoms with Crippen molar-refractivity contribution >= 4 is 11.0 Å². The van der Waals surface area contributed by atoms with E-state index in [2.05, 4.69) is 57.3 Å². The van der Waals surface area contributed by atoms with Crippen LogP contribution in [0.4, 0.5) is 0 Å². The molecule has 0 aliphatic carbocycles. The quantitative estimate of drug-likeness (QED) is 0.574.